The molecule has 9 heteroatoms. The molecule has 1 unspecified atom stereocenters. The molecule has 0 aliphatic carbocycles. The molecule has 1 amide bonds. The Balaban J connectivity index is 1.50. The van der Waals surface area contributed by atoms with Crippen LogP contribution in [0.1, 0.15) is 32.6 Å². The Morgan fingerprint density at radius 2 is 1.74 bits per heavy atom. The van der Waals surface area contributed by atoms with Crippen LogP contribution in [0.5, 0.6) is 0 Å². The van der Waals surface area contributed by atoms with Gasteiger partial charge in [0.2, 0.25) is 0 Å². The maximum atomic E-state index is 12.9. The maximum Gasteiger partial charge on any atom is 0.262 e. The molecule has 206 valence electrons. The number of carbonyl (C=O) groups is 1. The van der Waals surface area contributed by atoms with Gasteiger partial charge in [0.1, 0.15) is 23.9 Å². The molecule has 2 heterocycles. The number of nitrogens with one attached hydrogen (secondary N) is 1. The van der Waals surface area contributed by atoms with Crippen molar-refractivity contribution >= 4 is 39.3 Å². The number of thiophene rings is 1. The largest absolute Gasteiger partial charge is 0.390 e. The molecule has 4 N–H and O–H groups in total. The van der Waals surface area contributed by atoms with Gasteiger partial charge in [-0.15, -0.1) is 11.3 Å². The summed E-state index contributed by atoms with van der Waals surface area (Å²) in [6.07, 6.45) is -4.72. The number of hydrogen-bond donors (Lipinski definition) is 4. The van der Waals surface area contributed by atoms with Crippen molar-refractivity contribution in [2.45, 2.75) is 52.3 Å². The number of anilines is 1. The summed E-state index contributed by atoms with van der Waals surface area (Å²) in [7, 11) is 0. The van der Waals surface area contributed by atoms with E-state index in [4.69, 9.17) is 4.74 Å². The molecule has 8 nitrogen and oxygen atoms in total. The van der Waals surface area contributed by atoms with Crippen LogP contribution >= 0.6 is 11.3 Å². The number of allylic oxidation sites excluding steroid dienone is 1. The molecule has 5 atom stereocenters. The van der Waals surface area contributed by atoms with Gasteiger partial charge in [0.05, 0.1) is 6.10 Å². The van der Waals surface area contributed by atoms with Gasteiger partial charge in [-0.2, -0.15) is 5.26 Å². The molecule has 1 aliphatic heterocycles. The van der Waals surface area contributed by atoms with Crippen molar-refractivity contribution in [2.24, 2.45) is 5.92 Å². The lowest BCUT2D eigenvalue weighted by Crippen LogP contribution is -2.56. The maximum absolute atomic E-state index is 12.9. The summed E-state index contributed by atoms with van der Waals surface area (Å²) in [5, 5.41) is 44.9. The van der Waals surface area contributed by atoms with Crippen molar-refractivity contribution in [3.63, 3.8) is 0 Å². The van der Waals surface area contributed by atoms with Gasteiger partial charge >= 0.3 is 0 Å². The Labute approximate surface area is 232 Å². The second-order valence-electron chi connectivity index (χ2n) is 9.81. The van der Waals surface area contributed by atoms with Crippen LogP contribution in [0, 0.1) is 17.2 Å². The number of ether oxygens (including phenoxy) is 1. The molecule has 2 aromatic carbocycles. The second kappa shape index (κ2) is 12.3. The highest BCUT2D eigenvalue weighted by molar-refractivity contribution is 7.16. The number of benzene rings is 2. The molecular formula is C30H35N3O5S. The van der Waals surface area contributed by atoms with Gasteiger partial charge in [-0.3, -0.25) is 4.79 Å². The summed E-state index contributed by atoms with van der Waals surface area (Å²) >= 11 is 1.50. The molecular weight excluding hydrogens is 514 g/mol. The lowest BCUT2D eigenvalue weighted by Gasteiger charge is -2.39. The van der Waals surface area contributed by atoms with E-state index in [1.54, 1.807) is 13.8 Å². The highest BCUT2D eigenvalue weighted by Crippen LogP contribution is 2.35. The Morgan fingerprint density at radius 1 is 1.05 bits per heavy atom. The van der Waals surface area contributed by atoms with Gasteiger partial charge in [-0.25, -0.2) is 0 Å². The van der Waals surface area contributed by atoms with Gasteiger partial charge in [0, 0.05) is 41.0 Å². The SMILES string of the molecule is CCN(CC)c1ccc2cc(-c3ccc(/C(C)=C(\C#N)C(=O)NC[C@H]4OC(O)[C@H](C)[C@@H](O)[C@@H]4O)s3)ccc2c1. The predicted molar refractivity (Wildman–Crippen MR) is 154 cm³/mol. The standard InChI is InChI=1S/C30H35N3O5S/c1-5-33(6-2)22-10-9-19-13-21(8-7-20(19)14-22)26-12-11-25(39-26)17(3)23(15-31)29(36)32-16-24-28(35)27(34)18(4)30(37)38-24/h7-14,18,24,27-28,30,34-35,37H,5-6,16H2,1-4H3,(H,32,36)/b23-17+/t18-,24-,27-,28-,30?/m1/s1. The molecule has 1 fully saturated rings. The molecule has 4 rings (SSSR count). The summed E-state index contributed by atoms with van der Waals surface area (Å²) in [5.41, 5.74) is 2.74. The van der Waals surface area contributed by atoms with Gasteiger partial charge in [-0.1, -0.05) is 25.1 Å². The third-order valence-corrected chi connectivity index (χ3v) is 8.68. The Bertz CT molecular complexity index is 1410. The number of aliphatic hydroxyl groups is 3. The highest BCUT2D eigenvalue weighted by Gasteiger charge is 2.41. The number of rotatable bonds is 8. The lowest BCUT2D eigenvalue weighted by molar-refractivity contribution is -0.258. The van der Waals surface area contributed by atoms with E-state index < -0.39 is 36.4 Å². The summed E-state index contributed by atoms with van der Waals surface area (Å²) in [5.74, 6) is -1.28. The fourth-order valence-corrected chi connectivity index (χ4v) is 5.84. The second-order valence-corrected chi connectivity index (χ2v) is 10.9. The Hall–Kier alpha value is -3.26. The third-order valence-electron chi connectivity index (χ3n) is 7.42. The number of nitriles is 1. The molecule has 3 aromatic rings. The van der Waals surface area contributed by atoms with Crippen LogP contribution in [0.4, 0.5) is 5.69 Å². The van der Waals surface area contributed by atoms with Crippen LogP contribution in [-0.2, 0) is 9.53 Å². The fourth-order valence-electron chi connectivity index (χ4n) is 4.83. The lowest BCUT2D eigenvalue weighted by atomic mass is 9.92. The van der Waals surface area contributed by atoms with E-state index >= 15 is 0 Å². The number of amides is 1. The number of nitrogens with zero attached hydrogens (tertiary/aromatic N) is 2. The molecule has 1 aliphatic rings. The average Bonchev–Trinajstić information content (AvgIpc) is 3.44. The quantitative estimate of drug-likeness (QED) is 0.248. The summed E-state index contributed by atoms with van der Waals surface area (Å²) in [6.45, 7) is 9.33. The first-order valence-electron chi connectivity index (χ1n) is 13.2. The van der Waals surface area contributed by atoms with Crippen molar-refractivity contribution in [2.75, 3.05) is 24.5 Å². The van der Waals surface area contributed by atoms with E-state index in [0.29, 0.717) is 5.57 Å². The first-order chi connectivity index (χ1) is 18.7. The average molecular weight is 550 g/mol. The van der Waals surface area contributed by atoms with E-state index in [1.165, 1.54) is 22.4 Å². The molecule has 39 heavy (non-hydrogen) atoms. The minimum Gasteiger partial charge on any atom is -0.390 e. The topological polar surface area (TPSA) is 126 Å². The van der Waals surface area contributed by atoms with Crippen LogP contribution in [-0.4, -0.2) is 65.5 Å². The molecule has 0 bridgehead atoms. The molecule has 0 radical (unpaired) electrons. The van der Waals surface area contributed by atoms with Gasteiger partial charge < -0.3 is 30.3 Å². The van der Waals surface area contributed by atoms with Crippen LogP contribution in [0.25, 0.3) is 26.8 Å². The van der Waals surface area contributed by atoms with Crippen LogP contribution in [0.15, 0.2) is 54.1 Å². The summed E-state index contributed by atoms with van der Waals surface area (Å²) in [6, 6.07) is 18.7. The Morgan fingerprint density at radius 3 is 2.44 bits per heavy atom. The number of aliphatic hydroxyl groups excluding tert-OH is 3. The van der Waals surface area contributed by atoms with Gasteiger partial charge in [0.15, 0.2) is 6.29 Å². The minimum atomic E-state index is -1.27. The first kappa shape index (κ1) is 28.7. The van der Waals surface area contributed by atoms with Crippen LogP contribution < -0.4 is 10.2 Å². The molecule has 1 aromatic heterocycles. The zero-order valence-electron chi connectivity index (χ0n) is 22.6. The third kappa shape index (κ3) is 6.01. The van der Waals surface area contributed by atoms with Gasteiger partial charge in [0.25, 0.3) is 5.91 Å². The van der Waals surface area contributed by atoms with E-state index in [9.17, 15) is 25.4 Å². The van der Waals surface area contributed by atoms with E-state index in [1.807, 2.05) is 18.2 Å². The normalized spacial score (nSPS) is 23.7. The summed E-state index contributed by atoms with van der Waals surface area (Å²) in [4.78, 5) is 17.0. The number of carbonyl (C=O) groups excluding carboxylic acids is 1. The van der Waals surface area contributed by atoms with E-state index in [2.05, 4.69) is 60.5 Å². The van der Waals surface area contributed by atoms with Crippen molar-refractivity contribution in [1.82, 2.24) is 5.32 Å². The van der Waals surface area contributed by atoms with Crippen LogP contribution in [0.2, 0.25) is 0 Å². The summed E-state index contributed by atoms with van der Waals surface area (Å²) < 4.78 is 5.33. The number of hydrogen-bond acceptors (Lipinski definition) is 8. The van der Waals surface area contributed by atoms with Crippen molar-refractivity contribution < 1.29 is 24.9 Å². The predicted octanol–water partition coefficient (Wildman–Crippen LogP) is 3.90. The van der Waals surface area contributed by atoms with Gasteiger partial charge in [-0.05, 0) is 73.0 Å². The molecule has 1 saturated heterocycles. The van der Waals surface area contributed by atoms with Crippen molar-refractivity contribution in [3.8, 4) is 16.5 Å². The molecule has 0 spiro atoms. The van der Waals surface area contributed by atoms with E-state index in [-0.39, 0.29) is 12.1 Å². The minimum absolute atomic E-state index is 0.0504. The molecule has 0 saturated carbocycles. The smallest absolute Gasteiger partial charge is 0.262 e. The highest BCUT2D eigenvalue weighted by atomic mass is 32.1. The first-order valence-corrected chi connectivity index (χ1v) is 14.0. The monoisotopic (exact) mass is 549 g/mol. The van der Waals surface area contributed by atoms with Crippen LogP contribution in [0.3, 0.4) is 0 Å². The van der Waals surface area contributed by atoms with E-state index in [0.717, 1.165) is 33.8 Å². The number of fused-ring (bicyclic) bond motifs is 1. The fraction of sp³-hybridized carbons (Fsp3) is 0.400. The Kier molecular flexibility index (Phi) is 9.05. The van der Waals surface area contributed by atoms with Crippen molar-refractivity contribution in [3.05, 3.63) is 59.0 Å². The zero-order chi connectivity index (χ0) is 28.3. The zero-order valence-corrected chi connectivity index (χ0v) is 23.4. The van der Waals surface area contributed by atoms with Crippen molar-refractivity contribution in [1.29, 1.82) is 5.26 Å².